The van der Waals surface area contributed by atoms with Gasteiger partial charge >= 0.3 is 0 Å². The third kappa shape index (κ3) is 3.45. The molecule has 4 rings (SSSR count). The SMILES string of the molecule is NC(=O)c1cc(C2CCN(S(=O)(=O)Cc3noc4ccccc34)CC2)[nH]n1. The van der Waals surface area contributed by atoms with Crippen LogP contribution in [0.5, 0.6) is 0 Å². The fourth-order valence-corrected chi connectivity index (χ4v) is 4.93. The van der Waals surface area contributed by atoms with Gasteiger partial charge in [-0.3, -0.25) is 9.89 Å². The number of aromatic nitrogens is 3. The van der Waals surface area contributed by atoms with Gasteiger partial charge < -0.3 is 10.3 Å². The Morgan fingerprint density at radius 1 is 1.30 bits per heavy atom. The summed E-state index contributed by atoms with van der Waals surface area (Å²) < 4.78 is 32.3. The average molecular weight is 389 g/mol. The second kappa shape index (κ2) is 6.78. The molecule has 1 saturated heterocycles. The van der Waals surface area contributed by atoms with E-state index < -0.39 is 15.9 Å². The Morgan fingerprint density at radius 2 is 2.04 bits per heavy atom. The Labute approximate surface area is 155 Å². The molecule has 1 amide bonds. The normalized spacial score (nSPS) is 16.7. The van der Waals surface area contributed by atoms with Crippen LogP contribution in [0, 0.1) is 0 Å². The molecule has 3 heterocycles. The molecule has 10 heteroatoms. The van der Waals surface area contributed by atoms with Gasteiger partial charge in [0, 0.05) is 30.1 Å². The number of nitrogens with two attached hydrogens (primary N) is 1. The van der Waals surface area contributed by atoms with E-state index in [2.05, 4.69) is 15.4 Å². The van der Waals surface area contributed by atoms with E-state index in [4.69, 9.17) is 10.3 Å². The van der Waals surface area contributed by atoms with Crippen molar-refractivity contribution in [1.29, 1.82) is 0 Å². The highest BCUT2D eigenvalue weighted by Crippen LogP contribution is 2.29. The standard InChI is InChI=1S/C17H19N5O4S/c18-17(23)14-9-13(19-20-14)11-5-7-22(8-6-11)27(24,25)10-15-12-3-1-2-4-16(12)26-21-15/h1-4,9,11H,5-8,10H2,(H2,18,23)(H,19,20). The van der Waals surface area contributed by atoms with Gasteiger partial charge in [0.05, 0.1) is 0 Å². The van der Waals surface area contributed by atoms with Gasteiger partial charge in [0.2, 0.25) is 10.0 Å². The van der Waals surface area contributed by atoms with Crippen LogP contribution in [-0.4, -0.2) is 47.1 Å². The van der Waals surface area contributed by atoms with Crippen LogP contribution in [0.4, 0.5) is 0 Å². The van der Waals surface area contributed by atoms with Crippen molar-refractivity contribution in [3.63, 3.8) is 0 Å². The minimum absolute atomic E-state index is 0.116. The Balaban J connectivity index is 1.44. The fraction of sp³-hybridized carbons (Fsp3) is 0.353. The van der Waals surface area contributed by atoms with Crippen molar-refractivity contribution in [2.75, 3.05) is 13.1 Å². The zero-order valence-corrected chi connectivity index (χ0v) is 15.3. The van der Waals surface area contributed by atoms with E-state index in [9.17, 15) is 13.2 Å². The second-order valence-corrected chi connectivity index (χ2v) is 8.60. The van der Waals surface area contributed by atoms with E-state index in [0.717, 1.165) is 5.69 Å². The summed E-state index contributed by atoms with van der Waals surface area (Å²) in [7, 11) is -3.50. The van der Waals surface area contributed by atoms with Crippen LogP contribution < -0.4 is 5.73 Å². The number of hydrogen-bond acceptors (Lipinski definition) is 6. The maximum atomic E-state index is 12.8. The highest BCUT2D eigenvalue weighted by molar-refractivity contribution is 7.88. The van der Waals surface area contributed by atoms with Crippen LogP contribution in [-0.2, 0) is 15.8 Å². The molecule has 0 unspecified atom stereocenters. The molecule has 9 nitrogen and oxygen atoms in total. The van der Waals surface area contributed by atoms with Crippen molar-refractivity contribution in [3.8, 4) is 0 Å². The summed E-state index contributed by atoms with van der Waals surface area (Å²) in [6.45, 7) is 0.793. The van der Waals surface area contributed by atoms with E-state index in [1.807, 2.05) is 12.1 Å². The molecule has 0 radical (unpaired) electrons. The number of aromatic amines is 1. The predicted molar refractivity (Wildman–Crippen MR) is 97.3 cm³/mol. The summed E-state index contributed by atoms with van der Waals surface area (Å²) in [6.07, 6.45) is 1.28. The van der Waals surface area contributed by atoms with Crippen LogP contribution in [0.2, 0.25) is 0 Å². The number of amides is 1. The summed E-state index contributed by atoms with van der Waals surface area (Å²) >= 11 is 0. The monoisotopic (exact) mass is 389 g/mol. The lowest BCUT2D eigenvalue weighted by Gasteiger charge is -2.30. The zero-order valence-electron chi connectivity index (χ0n) is 14.5. The van der Waals surface area contributed by atoms with Crippen LogP contribution in [0.3, 0.4) is 0 Å². The molecular formula is C17H19N5O4S. The number of sulfonamides is 1. The molecule has 1 aliphatic heterocycles. The molecule has 0 aliphatic carbocycles. The number of hydrogen-bond donors (Lipinski definition) is 2. The average Bonchev–Trinajstić information content (AvgIpc) is 3.30. The van der Waals surface area contributed by atoms with Gasteiger partial charge in [-0.05, 0) is 31.0 Å². The highest BCUT2D eigenvalue weighted by Gasteiger charge is 2.31. The van der Waals surface area contributed by atoms with Crippen molar-refractivity contribution in [3.05, 3.63) is 47.4 Å². The molecule has 1 fully saturated rings. The molecule has 142 valence electrons. The van der Waals surface area contributed by atoms with Gasteiger partial charge in [-0.2, -0.15) is 5.10 Å². The van der Waals surface area contributed by atoms with Crippen molar-refractivity contribution in [2.24, 2.45) is 5.73 Å². The quantitative estimate of drug-likeness (QED) is 0.676. The van der Waals surface area contributed by atoms with Gasteiger partial charge in [-0.25, -0.2) is 12.7 Å². The molecule has 0 saturated carbocycles. The van der Waals surface area contributed by atoms with Crippen molar-refractivity contribution < 1.29 is 17.7 Å². The second-order valence-electron chi connectivity index (χ2n) is 6.63. The molecule has 2 aromatic heterocycles. The first-order chi connectivity index (χ1) is 12.9. The van der Waals surface area contributed by atoms with E-state index in [1.54, 1.807) is 18.2 Å². The number of para-hydroxylation sites is 1. The third-order valence-electron chi connectivity index (χ3n) is 4.91. The number of carbonyl (C=O) groups is 1. The lowest BCUT2D eigenvalue weighted by Crippen LogP contribution is -2.38. The number of rotatable bonds is 5. The predicted octanol–water partition coefficient (Wildman–Crippen LogP) is 1.36. The summed E-state index contributed by atoms with van der Waals surface area (Å²) in [5.74, 6) is -0.660. The van der Waals surface area contributed by atoms with Gasteiger partial charge in [0.1, 0.15) is 17.1 Å². The van der Waals surface area contributed by atoms with Crippen LogP contribution in [0.15, 0.2) is 34.9 Å². The number of H-pyrrole nitrogens is 1. The van der Waals surface area contributed by atoms with Crippen molar-refractivity contribution in [1.82, 2.24) is 19.7 Å². The molecule has 3 aromatic rings. The summed E-state index contributed by atoms with van der Waals surface area (Å²) in [4.78, 5) is 11.2. The molecule has 27 heavy (non-hydrogen) atoms. The molecule has 1 aliphatic rings. The minimum atomic E-state index is -3.50. The molecular weight excluding hydrogens is 370 g/mol. The third-order valence-corrected chi connectivity index (χ3v) is 6.70. The van der Waals surface area contributed by atoms with Crippen LogP contribution >= 0.6 is 0 Å². The number of primary amides is 1. The van der Waals surface area contributed by atoms with Crippen LogP contribution in [0.1, 0.15) is 40.6 Å². The maximum absolute atomic E-state index is 12.8. The zero-order chi connectivity index (χ0) is 19.0. The fourth-order valence-electron chi connectivity index (χ4n) is 3.42. The molecule has 3 N–H and O–H groups in total. The summed E-state index contributed by atoms with van der Waals surface area (Å²) in [6, 6.07) is 8.84. The molecule has 0 spiro atoms. The van der Waals surface area contributed by atoms with Gasteiger partial charge in [-0.15, -0.1) is 0 Å². The van der Waals surface area contributed by atoms with Crippen LogP contribution in [0.25, 0.3) is 11.0 Å². The largest absolute Gasteiger partial charge is 0.364 e. The Kier molecular flexibility index (Phi) is 4.44. The van der Waals surface area contributed by atoms with Crippen molar-refractivity contribution >= 4 is 26.9 Å². The number of carbonyl (C=O) groups excluding carboxylic acids is 1. The van der Waals surface area contributed by atoms with Gasteiger partial charge in [0.15, 0.2) is 5.58 Å². The minimum Gasteiger partial charge on any atom is -0.364 e. The van der Waals surface area contributed by atoms with Gasteiger partial charge in [-0.1, -0.05) is 17.3 Å². The number of nitrogens with one attached hydrogen (secondary N) is 1. The van der Waals surface area contributed by atoms with E-state index in [1.165, 1.54) is 4.31 Å². The maximum Gasteiger partial charge on any atom is 0.269 e. The number of benzene rings is 1. The summed E-state index contributed by atoms with van der Waals surface area (Å²) in [5.41, 5.74) is 7.22. The first kappa shape index (κ1) is 17.7. The van der Waals surface area contributed by atoms with E-state index in [0.29, 0.717) is 42.6 Å². The Morgan fingerprint density at radius 3 is 2.74 bits per heavy atom. The number of piperidine rings is 1. The topological polar surface area (TPSA) is 135 Å². The molecule has 0 atom stereocenters. The lowest BCUT2D eigenvalue weighted by atomic mass is 9.94. The van der Waals surface area contributed by atoms with Gasteiger partial charge in [0.25, 0.3) is 5.91 Å². The molecule has 1 aromatic carbocycles. The number of fused-ring (bicyclic) bond motifs is 1. The van der Waals surface area contributed by atoms with E-state index in [-0.39, 0.29) is 17.4 Å². The first-order valence-corrected chi connectivity index (χ1v) is 10.2. The van der Waals surface area contributed by atoms with Crippen molar-refractivity contribution in [2.45, 2.75) is 24.5 Å². The first-order valence-electron chi connectivity index (χ1n) is 8.60. The van der Waals surface area contributed by atoms with E-state index >= 15 is 0 Å². The lowest BCUT2D eigenvalue weighted by molar-refractivity contribution is 0.0995. The number of nitrogens with zero attached hydrogens (tertiary/aromatic N) is 3. The highest BCUT2D eigenvalue weighted by atomic mass is 32.2. The Hall–Kier alpha value is -2.72. The molecule has 0 bridgehead atoms. The smallest absolute Gasteiger partial charge is 0.269 e. The summed E-state index contributed by atoms with van der Waals surface area (Å²) in [5, 5.41) is 11.3. The Bertz CT molecular complexity index is 1080.